The van der Waals surface area contributed by atoms with E-state index in [4.69, 9.17) is 0 Å². The Morgan fingerprint density at radius 1 is 1.45 bits per heavy atom. The predicted octanol–water partition coefficient (Wildman–Crippen LogP) is 1.85. The van der Waals surface area contributed by atoms with Gasteiger partial charge in [0.2, 0.25) is 0 Å². The van der Waals surface area contributed by atoms with Gasteiger partial charge in [-0.05, 0) is 24.5 Å². The standard InChI is InChI=1S/C15H20N2O3/c1-10-7-16(15(19)20)8-11-3-2-4-13-12(9-18)5-6-17(10)14(11)13/h2-4,10,12,18H,5-9H2,1H3,(H,19,20). The van der Waals surface area contributed by atoms with Crippen molar-refractivity contribution in [3.63, 3.8) is 0 Å². The Labute approximate surface area is 118 Å². The molecular weight excluding hydrogens is 256 g/mol. The third-order valence-electron chi connectivity index (χ3n) is 4.47. The molecule has 3 rings (SSSR count). The Hall–Kier alpha value is -1.75. The molecule has 2 unspecified atom stereocenters. The molecule has 0 saturated carbocycles. The highest BCUT2D eigenvalue weighted by Crippen LogP contribution is 2.40. The van der Waals surface area contributed by atoms with Gasteiger partial charge in [0, 0.05) is 30.7 Å². The van der Waals surface area contributed by atoms with Crippen LogP contribution in [-0.4, -0.2) is 46.9 Å². The summed E-state index contributed by atoms with van der Waals surface area (Å²) < 4.78 is 0. The van der Waals surface area contributed by atoms with Gasteiger partial charge in [-0.15, -0.1) is 0 Å². The fourth-order valence-electron chi connectivity index (χ4n) is 3.44. The van der Waals surface area contributed by atoms with Crippen LogP contribution in [0.5, 0.6) is 0 Å². The molecule has 0 spiro atoms. The zero-order valence-corrected chi connectivity index (χ0v) is 11.6. The Morgan fingerprint density at radius 3 is 2.95 bits per heavy atom. The summed E-state index contributed by atoms with van der Waals surface area (Å²) in [5.74, 6) is 0.171. The lowest BCUT2D eigenvalue weighted by Crippen LogP contribution is -2.44. The molecule has 1 aromatic rings. The number of hydrogen-bond acceptors (Lipinski definition) is 3. The molecule has 0 aromatic heterocycles. The topological polar surface area (TPSA) is 64.0 Å². The van der Waals surface area contributed by atoms with E-state index < -0.39 is 6.09 Å². The molecule has 2 atom stereocenters. The lowest BCUT2D eigenvalue weighted by Gasteiger charge is -2.39. The number of amides is 1. The smallest absolute Gasteiger partial charge is 0.407 e. The van der Waals surface area contributed by atoms with Crippen molar-refractivity contribution in [3.8, 4) is 0 Å². The molecule has 20 heavy (non-hydrogen) atoms. The third kappa shape index (κ3) is 2.02. The Bertz CT molecular complexity index is 532. The molecule has 2 aliphatic heterocycles. The van der Waals surface area contributed by atoms with Gasteiger partial charge in [0.15, 0.2) is 0 Å². The number of aliphatic hydroxyl groups excluding tert-OH is 1. The minimum Gasteiger partial charge on any atom is -0.465 e. The average molecular weight is 276 g/mol. The molecule has 5 heteroatoms. The summed E-state index contributed by atoms with van der Waals surface area (Å²) in [6.07, 6.45) is 0.0534. The van der Waals surface area contributed by atoms with E-state index >= 15 is 0 Å². The molecule has 1 amide bonds. The first-order valence-corrected chi connectivity index (χ1v) is 7.09. The van der Waals surface area contributed by atoms with Gasteiger partial charge in [-0.1, -0.05) is 18.2 Å². The quantitative estimate of drug-likeness (QED) is 0.821. The SMILES string of the molecule is CC1CN(C(=O)O)Cc2cccc3c2N1CCC3CO. The Morgan fingerprint density at radius 2 is 2.25 bits per heavy atom. The number of benzene rings is 1. The van der Waals surface area contributed by atoms with E-state index in [1.807, 2.05) is 12.1 Å². The molecule has 2 N–H and O–H groups in total. The number of anilines is 1. The molecule has 2 heterocycles. The van der Waals surface area contributed by atoms with Crippen molar-refractivity contribution >= 4 is 11.8 Å². The number of carbonyl (C=O) groups is 1. The summed E-state index contributed by atoms with van der Waals surface area (Å²) in [5.41, 5.74) is 3.36. The van der Waals surface area contributed by atoms with E-state index in [0.717, 1.165) is 29.8 Å². The molecule has 1 aromatic carbocycles. The van der Waals surface area contributed by atoms with E-state index in [2.05, 4.69) is 17.9 Å². The fraction of sp³-hybridized carbons (Fsp3) is 0.533. The van der Waals surface area contributed by atoms with Gasteiger partial charge in [0.05, 0.1) is 13.2 Å². The average Bonchev–Trinajstić information content (AvgIpc) is 2.58. The first-order valence-electron chi connectivity index (χ1n) is 7.09. The van der Waals surface area contributed by atoms with Crippen molar-refractivity contribution in [2.75, 3.05) is 24.6 Å². The number of rotatable bonds is 1. The second-order valence-electron chi connectivity index (χ2n) is 5.73. The highest BCUT2D eigenvalue weighted by Gasteiger charge is 2.33. The maximum Gasteiger partial charge on any atom is 0.407 e. The van der Waals surface area contributed by atoms with Crippen LogP contribution in [0.25, 0.3) is 0 Å². The molecule has 2 aliphatic rings. The molecule has 108 valence electrons. The highest BCUT2D eigenvalue weighted by atomic mass is 16.4. The predicted molar refractivity (Wildman–Crippen MR) is 76.1 cm³/mol. The second kappa shape index (κ2) is 4.98. The maximum atomic E-state index is 11.3. The van der Waals surface area contributed by atoms with Crippen molar-refractivity contribution in [2.45, 2.75) is 31.8 Å². The van der Waals surface area contributed by atoms with Crippen LogP contribution >= 0.6 is 0 Å². The van der Waals surface area contributed by atoms with Gasteiger partial charge in [0.1, 0.15) is 0 Å². The summed E-state index contributed by atoms with van der Waals surface area (Å²) in [4.78, 5) is 15.1. The van der Waals surface area contributed by atoms with Gasteiger partial charge in [-0.3, -0.25) is 0 Å². The largest absolute Gasteiger partial charge is 0.465 e. The first kappa shape index (κ1) is 13.2. The zero-order chi connectivity index (χ0) is 14.3. The van der Waals surface area contributed by atoms with Crippen LogP contribution in [0, 0.1) is 0 Å². The van der Waals surface area contributed by atoms with Gasteiger partial charge in [-0.25, -0.2) is 4.79 Å². The van der Waals surface area contributed by atoms with Crippen molar-refractivity contribution in [1.82, 2.24) is 4.90 Å². The van der Waals surface area contributed by atoms with Crippen LogP contribution in [0.2, 0.25) is 0 Å². The summed E-state index contributed by atoms with van der Waals surface area (Å²) in [5, 5.41) is 18.9. The van der Waals surface area contributed by atoms with Crippen molar-refractivity contribution in [3.05, 3.63) is 29.3 Å². The zero-order valence-electron chi connectivity index (χ0n) is 11.6. The van der Waals surface area contributed by atoms with Gasteiger partial charge in [-0.2, -0.15) is 0 Å². The van der Waals surface area contributed by atoms with E-state index in [-0.39, 0.29) is 18.6 Å². The summed E-state index contributed by atoms with van der Waals surface area (Å²) in [6, 6.07) is 6.19. The van der Waals surface area contributed by atoms with Crippen molar-refractivity contribution < 1.29 is 15.0 Å². The molecule has 0 aliphatic carbocycles. The molecule has 0 saturated heterocycles. The van der Waals surface area contributed by atoms with E-state index in [0.29, 0.717) is 13.1 Å². The van der Waals surface area contributed by atoms with Crippen LogP contribution in [-0.2, 0) is 6.54 Å². The first-order chi connectivity index (χ1) is 9.61. The van der Waals surface area contributed by atoms with E-state index in [1.54, 1.807) is 0 Å². The maximum absolute atomic E-state index is 11.3. The normalized spacial score (nSPS) is 25.1. The van der Waals surface area contributed by atoms with Gasteiger partial charge >= 0.3 is 6.09 Å². The number of aliphatic hydroxyl groups is 1. The molecule has 0 bridgehead atoms. The monoisotopic (exact) mass is 276 g/mol. The van der Waals surface area contributed by atoms with E-state index in [1.165, 1.54) is 4.90 Å². The highest BCUT2D eigenvalue weighted by molar-refractivity contribution is 5.69. The van der Waals surface area contributed by atoms with Crippen LogP contribution in [0.1, 0.15) is 30.4 Å². The minimum atomic E-state index is -0.868. The lowest BCUT2D eigenvalue weighted by molar-refractivity contribution is 0.141. The third-order valence-corrected chi connectivity index (χ3v) is 4.47. The van der Waals surface area contributed by atoms with Crippen LogP contribution in [0.4, 0.5) is 10.5 Å². The number of hydrogen-bond donors (Lipinski definition) is 2. The summed E-state index contributed by atoms with van der Waals surface area (Å²) in [7, 11) is 0. The van der Waals surface area contributed by atoms with Crippen LogP contribution in [0.3, 0.4) is 0 Å². The fourth-order valence-corrected chi connectivity index (χ4v) is 3.44. The summed E-state index contributed by atoms with van der Waals surface area (Å²) in [6.45, 7) is 4.05. The molecule has 5 nitrogen and oxygen atoms in total. The van der Waals surface area contributed by atoms with E-state index in [9.17, 15) is 15.0 Å². The van der Waals surface area contributed by atoms with Crippen molar-refractivity contribution in [1.29, 1.82) is 0 Å². The molecule has 0 radical (unpaired) electrons. The number of carboxylic acid groups (broad SMARTS) is 1. The minimum absolute atomic E-state index is 0.154. The van der Waals surface area contributed by atoms with Crippen molar-refractivity contribution in [2.24, 2.45) is 0 Å². The lowest BCUT2D eigenvalue weighted by atomic mass is 9.88. The summed E-state index contributed by atoms with van der Waals surface area (Å²) >= 11 is 0. The Balaban J connectivity index is 2.10. The van der Waals surface area contributed by atoms with Gasteiger partial charge in [0.25, 0.3) is 0 Å². The number of nitrogens with zero attached hydrogens (tertiary/aromatic N) is 2. The van der Waals surface area contributed by atoms with Gasteiger partial charge < -0.3 is 20.0 Å². The molecular formula is C15H20N2O3. The Kier molecular flexibility index (Phi) is 3.30. The van der Waals surface area contributed by atoms with Crippen LogP contribution < -0.4 is 4.90 Å². The number of para-hydroxylation sites is 1. The second-order valence-corrected chi connectivity index (χ2v) is 5.73. The molecule has 0 fully saturated rings. The van der Waals surface area contributed by atoms with Crippen LogP contribution in [0.15, 0.2) is 18.2 Å².